The molecule has 0 bridgehead atoms. The van der Waals surface area contributed by atoms with Crippen LogP contribution in [0.15, 0.2) is 48.5 Å². The number of rotatable bonds is 8. The molecular formula is C25H31ClN2O3. The monoisotopic (exact) mass is 442 g/mol. The van der Waals surface area contributed by atoms with Crippen molar-refractivity contribution in [3.8, 4) is 5.75 Å². The zero-order valence-corrected chi connectivity index (χ0v) is 18.7. The van der Waals surface area contributed by atoms with Gasteiger partial charge in [-0.1, -0.05) is 42.6 Å². The number of anilines is 1. The first-order valence-electron chi connectivity index (χ1n) is 11.3. The van der Waals surface area contributed by atoms with E-state index in [1.165, 1.54) is 0 Å². The van der Waals surface area contributed by atoms with Gasteiger partial charge in [-0.05, 0) is 55.2 Å². The zero-order valence-electron chi connectivity index (χ0n) is 17.9. The van der Waals surface area contributed by atoms with Crippen LogP contribution < -0.4 is 10.1 Å². The van der Waals surface area contributed by atoms with Crippen LogP contribution in [0.1, 0.15) is 37.7 Å². The molecule has 0 unspecified atom stereocenters. The fourth-order valence-electron chi connectivity index (χ4n) is 4.63. The molecule has 1 aliphatic heterocycles. The lowest BCUT2D eigenvalue weighted by Gasteiger charge is -2.29. The number of nitrogens with one attached hydrogen (secondary N) is 1. The van der Waals surface area contributed by atoms with Crippen molar-refractivity contribution >= 4 is 23.2 Å². The first-order chi connectivity index (χ1) is 15.2. The van der Waals surface area contributed by atoms with Crippen LogP contribution in [0.2, 0.25) is 5.02 Å². The Bertz CT molecular complexity index is 859. The number of morpholine rings is 1. The van der Waals surface area contributed by atoms with E-state index in [-0.39, 0.29) is 5.91 Å². The largest absolute Gasteiger partial charge is 0.494 e. The van der Waals surface area contributed by atoms with Crippen molar-refractivity contribution in [3.63, 3.8) is 0 Å². The number of carbonyl (C=O) groups is 1. The molecule has 0 radical (unpaired) electrons. The van der Waals surface area contributed by atoms with E-state index in [0.29, 0.717) is 11.6 Å². The number of benzene rings is 2. The van der Waals surface area contributed by atoms with E-state index in [1.807, 2.05) is 48.5 Å². The van der Waals surface area contributed by atoms with Gasteiger partial charge in [0.15, 0.2) is 0 Å². The van der Waals surface area contributed by atoms with Gasteiger partial charge in [0.1, 0.15) is 5.75 Å². The Labute approximate surface area is 189 Å². The van der Waals surface area contributed by atoms with Gasteiger partial charge in [-0.2, -0.15) is 0 Å². The molecule has 5 nitrogen and oxygen atoms in total. The van der Waals surface area contributed by atoms with Gasteiger partial charge in [-0.25, -0.2) is 0 Å². The summed E-state index contributed by atoms with van der Waals surface area (Å²) < 4.78 is 11.2. The van der Waals surface area contributed by atoms with E-state index in [1.54, 1.807) is 0 Å². The molecule has 0 aromatic heterocycles. The second-order valence-electron chi connectivity index (χ2n) is 8.40. The first-order valence-corrected chi connectivity index (χ1v) is 11.6. The average molecular weight is 443 g/mol. The third-order valence-corrected chi connectivity index (χ3v) is 6.71. The topological polar surface area (TPSA) is 50.8 Å². The minimum atomic E-state index is -0.549. The lowest BCUT2D eigenvalue weighted by molar-refractivity contribution is -0.121. The highest BCUT2D eigenvalue weighted by atomic mass is 35.5. The third-order valence-electron chi connectivity index (χ3n) is 6.38. The normalized spacial score (nSPS) is 18.6. The fourth-order valence-corrected chi connectivity index (χ4v) is 4.95. The van der Waals surface area contributed by atoms with Gasteiger partial charge in [0.2, 0.25) is 5.91 Å². The van der Waals surface area contributed by atoms with E-state index in [0.717, 1.165) is 82.0 Å². The Morgan fingerprint density at radius 1 is 1.06 bits per heavy atom. The number of nitrogens with zero attached hydrogens (tertiary/aromatic N) is 1. The maximum atomic E-state index is 13.3. The van der Waals surface area contributed by atoms with E-state index >= 15 is 0 Å². The van der Waals surface area contributed by atoms with E-state index in [4.69, 9.17) is 21.1 Å². The Morgan fingerprint density at radius 2 is 1.77 bits per heavy atom. The molecule has 4 rings (SSSR count). The van der Waals surface area contributed by atoms with Crippen molar-refractivity contribution < 1.29 is 14.3 Å². The summed E-state index contributed by atoms with van der Waals surface area (Å²) in [6.45, 7) is 5.37. The number of hydrogen-bond acceptors (Lipinski definition) is 4. The van der Waals surface area contributed by atoms with Crippen LogP contribution in [0.25, 0.3) is 0 Å². The zero-order chi connectivity index (χ0) is 21.5. The van der Waals surface area contributed by atoms with Gasteiger partial charge in [0, 0.05) is 30.3 Å². The molecule has 2 fully saturated rings. The van der Waals surface area contributed by atoms with Crippen molar-refractivity contribution in [3.05, 3.63) is 59.1 Å². The van der Waals surface area contributed by atoms with Gasteiger partial charge in [-0.15, -0.1) is 0 Å². The Morgan fingerprint density at radius 3 is 2.48 bits per heavy atom. The molecule has 1 saturated carbocycles. The summed E-state index contributed by atoms with van der Waals surface area (Å²) in [5, 5.41) is 3.78. The third kappa shape index (κ3) is 5.40. The molecule has 0 atom stereocenters. The first kappa shape index (κ1) is 22.1. The summed E-state index contributed by atoms with van der Waals surface area (Å²) in [5.41, 5.74) is 1.17. The van der Waals surface area contributed by atoms with Crippen LogP contribution in [0.4, 0.5) is 5.69 Å². The maximum Gasteiger partial charge on any atom is 0.235 e. The van der Waals surface area contributed by atoms with Crippen LogP contribution >= 0.6 is 11.6 Å². The van der Waals surface area contributed by atoms with Gasteiger partial charge in [0.05, 0.1) is 25.2 Å². The molecule has 2 aliphatic rings. The molecule has 1 N–H and O–H groups in total. The summed E-state index contributed by atoms with van der Waals surface area (Å²) in [5.74, 6) is 0.846. The predicted molar refractivity (Wildman–Crippen MR) is 124 cm³/mol. The highest BCUT2D eigenvalue weighted by molar-refractivity contribution is 6.31. The van der Waals surface area contributed by atoms with Crippen molar-refractivity contribution in [1.82, 2.24) is 4.90 Å². The molecule has 1 heterocycles. The van der Waals surface area contributed by atoms with Crippen LogP contribution in [-0.4, -0.2) is 50.3 Å². The summed E-state index contributed by atoms with van der Waals surface area (Å²) in [6, 6.07) is 15.4. The van der Waals surface area contributed by atoms with Crippen LogP contribution in [0.3, 0.4) is 0 Å². The Kier molecular flexibility index (Phi) is 7.49. The second kappa shape index (κ2) is 10.5. The van der Waals surface area contributed by atoms with Crippen molar-refractivity contribution in [2.75, 3.05) is 44.8 Å². The summed E-state index contributed by atoms with van der Waals surface area (Å²) in [4.78, 5) is 15.7. The summed E-state index contributed by atoms with van der Waals surface area (Å²) >= 11 is 6.47. The average Bonchev–Trinajstić information content (AvgIpc) is 3.30. The molecule has 0 spiro atoms. The van der Waals surface area contributed by atoms with Crippen molar-refractivity contribution in [2.24, 2.45) is 0 Å². The lowest BCUT2D eigenvalue weighted by Crippen LogP contribution is -2.38. The van der Waals surface area contributed by atoms with Crippen molar-refractivity contribution in [2.45, 2.75) is 37.5 Å². The van der Waals surface area contributed by atoms with Crippen LogP contribution in [0.5, 0.6) is 5.75 Å². The van der Waals surface area contributed by atoms with Crippen LogP contribution in [-0.2, 0) is 14.9 Å². The SMILES string of the molecule is O=C(Nc1ccc(OCCCN2CCOCC2)cc1)C1(c2ccccc2Cl)CCCC1. The number of amides is 1. The molecule has 2 aromatic rings. The van der Waals surface area contributed by atoms with Crippen molar-refractivity contribution in [1.29, 1.82) is 0 Å². The molecule has 1 aliphatic carbocycles. The highest BCUT2D eigenvalue weighted by Gasteiger charge is 2.43. The quantitative estimate of drug-likeness (QED) is 0.591. The number of hydrogen-bond donors (Lipinski definition) is 1. The number of halogens is 1. The van der Waals surface area contributed by atoms with Gasteiger partial charge >= 0.3 is 0 Å². The van der Waals surface area contributed by atoms with Gasteiger partial charge in [-0.3, -0.25) is 9.69 Å². The predicted octanol–water partition coefficient (Wildman–Crippen LogP) is 4.89. The van der Waals surface area contributed by atoms with E-state index in [9.17, 15) is 4.79 Å². The van der Waals surface area contributed by atoms with Gasteiger partial charge < -0.3 is 14.8 Å². The van der Waals surface area contributed by atoms with E-state index < -0.39 is 5.41 Å². The fraction of sp³-hybridized carbons (Fsp3) is 0.480. The standard InChI is InChI=1S/C25H31ClN2O3/c26-23-7-2-1-6-22(23)25(12-3-4-13-25)24(29)27-20-8-10-21(11-9-20)31-17-5-14-28-15-18-30-19-16-28/h1-2,6-11H,3-5,12-19H2,(H,27,29). The minimum absolute atomic E-state index is 0.0253. The molecule has 1 amide bonds. The minimum Gasteiger partial charge on any atom is -0.494 e. The molecular weight excluding hydrogens is 412 g/mol. The molecule has 1 saturated heterocycles. The molecule has 31 heavy (non-hydrogen) atoms. The second-order valence-corrected chi connectivity index (χ2v) is 8.81. The highest BCUT2D eigenvalue weighted by Crippen LogP contribution is 2.44. The lowest BCUT2D eigenvalue weighted by atomic mass is 9.78. The molecule has 166 valence electrons. The van der Waals surface area contributed by atoms with Gasteiger partial charge in [0.25, 0.3) is 0 Å². The Balaban J connectivity index is 1.31. The number of ether oxygens (including phenoxy) is 2. The smallest absolute Gasteiger partial charge is 0.235 e. The van der Waals surface area contributed by atoms with E-state index in [2.05, 4.69) is 10.2 Å². The number of carbonyl (C=O) groups excluding carboxylic acids is 1. The molecule has 2 aromatic carbocycles. The van der Waals surface area contributed by atoms with Crippen LogP contribution in [0, 0.1) is 0 Å². The summed E-state index contributed by atoms with van der Waals surface area (Å²) in [7, 11) is 0. The maximum absolute atomic E-state index is 13.3. The Hall–Kier alpha value is -2.08. The summed E-state index contributed by atoms with van der Waals surface area (Å²) in [6.07, 6.45) is 4.71. The molecule has 6 heteroatoms.